The molecular weight excluding hydrogens is 526 g/mol. The van der Waals surface area contributed by atoms with Crippen LogP contribution in [-0.4, -0.2) is 16.6 Å². The lowest BCUT2D eigenvalue weighted by molar-refractivity contribution is -0.114. The molecule has 228 valence electrons. The number of aromatic nitrogens is 1. The van der Waals surface area contributed by atoms with E-state index in [0.717, 1.165) is 55.0 Å². The summed E-state index contributed by atoms with van der Waals surface area (Å²) < 4.78 is 0. The van der Waals surface area contributed by atoms with E-state index in [1.165, 1.54) is 5.56 Å². The first-order valence-corrected chi connectivity index (χ1v) is 15.9. The van der Waals surface area contributed by atoms with Gasteiger partial charge in [-0.05, 0) is 79.4 Å². The van der Waals surface area contributed by atoms with Crippen LogP contribution in [0.25, 0.3) is 22.0 Å². The molecule has 0 radical (unpaired) electrons. The maximum atomic E-state index is 13.5. The number of carbonyl (C=O) groups excluding carboxylic acids is 2. The Balaban J connectivity index is 0.000000719. The van der Waals surface area contributed by atoms with Crippen LogP contribution in [0.1, 0.15) is 113 Å². The number of benzene rings is 2. The highest BCUT2D eigenvalue weighted by Gasteiger charge is 2.33. The van der Waals surface area contributed by atoms with E-state index >= 15 is 0 Å². The van der Waals surface area contributed by atoms with E-state index in [9.17, 15) is 9.59 Å². The standard InChI is InChI=1S/C32H35NO2.2C4H8/c1-6-20(3)24-12-8-9-13-25(24)27(32(35)23-16-17-23)18-22(5)30-19-28(31(34)21(4)7-2)26-14-10-11-15-29(26)33-30;2*1-3-4-2/h8-15,18-21,23H,5-7,16-17H2,1-4H3;2*3H,1,4H2,2H3/b27-18+;;. The smallest absolute Gasteiger partial charge is 0.166 e. The summed E-state index contributed by atoms with van der Waals surface area (Å²) >= 11 is 0. The van der Waals surface area contributed by atoms with Gasteiger partial charge in [0.05, 0.1) is 11.2 Å². The van der Waals surface area contributed by atoms with E-state index in [1.54, 1.807) is 0 Å². The molecule has 0 aliphatic heterocycles. The number of carbonyl (C=O) groups is 2. The molecule has 0 spiro atoms. The van der Waals surface area contributed by atoms with Gasteiger partial charge in [-0.15, -0.1) is 13.2 Å². The Hall–Kier alpha value is -3.85. The van der Waals surface area contributed by atoms with Gasteiger partial charge in [-0.1, -0.05) is 103 Å². The van der Waals surface area contributed by atoms with Crippen LogP contribution in [0.15, 0.2) is 92.6 Å². The van der Waals surface area contributed by atoms with Crippen molar-refractivity contribution in [3.8, 4) is 0 Å². The van der Waals surface area contributed by atoms with Crippen molar-refractivity contribution < 1.29 is 9.59 Å². The number of pyridine rings is 1. The third kappa shape index (κ3) is 9.85. The summed E-state index contributed by atoms with van der Waals surface area (Å²) in [5, 5.41) is 0.856. The fourth-order valence-electron chi connectivity index (χ4n) is 4.48. The summed E-state index contributed by atoms with van der Waals surface area (Å²) in [7, 11) is 0. The summed E-state index contributed by atoms with van der Waals surface area (Å²) in [6, 6.07) is 17.8. The number of Topliss-reactive ketones (excluding diaryl/α,β-unsaturated/α-hetero) is 2. The third-order valence-corrected chi connectivity index (χ3v) is 7.87. The highest BCUT2D eigenvalue weighted by molar-refractivity contribution is 6.24. The molecule has 2 aromatic carbocycles. The Labute approximate surface area is 260 Å². The number of fused-ring (bicyclic) bond motifs is 1. The average molecular weight is 578 g/mol. The number of nitrogens with zero attached hydrogens (tertiary/aromatic N) is 1. The van der Waals surface area contributed by atoms with Crippen molar-refractivity contribution in [1.82, 2.24) is 4.98 Å². The molecule has 1 aliphatic rings. The van der Waals surface area contributed by atoms with Gasteiger partial charge < -0.3 is 0 Å². The minimum atomic E-state index is -0.0770. The molecule has 3 heteroatoms. The molecule has 1 saturated carbocycles. The maximum Gasteiger partial charge on any atom is 0.166 e. The number of rotatable bonds is 12. The van der Waals surface area contributed by atoms with Gasteiger partial charge in [0.25, 0.3) is 0 Å². The van der Waals surface area contributed by atoms with E-state index in [1.807, 2.05) is 80.6 Å². The Kier molecular flexibility index (Phi) is 14.8. The van der Waals surface area contributed by atoms with Crippen LogP contribution in [0, 0.1) is 11.8 Å². The predicted molar refractivity (Wildman–Crippen MR) is 186 cm³/mol. The largest absolute Gasteiger partial charge is 0.294 e. The molecule has 1 fully saturated rings. The second kappa shape index (κ2) is 18.0. The fraction of sp³-hybridized carbons (Fsp3) is 0.375. The Morgan fingerprint density at radius 2 is 1.47 bits per heavy atom. The Morgan fingerprint density at radius 3 is 2.02 bits per heavy atom. The van der Waals surface area contributed by atoms with Crippen molar-refractivity contribution in [1.29, 1.82) is 0 Å². The summed E-state index contributed by atoms with van der Waals surface area (Å²) in [5.41, 5.74) is 5.59. The number of hydrogen-bond donors (Lipinski definition) is 0. The minimum Gasteiger partial charge on any atom is -0.294 e. The van der Waals surface area contributed by atoms with E-state index in [4.69, 9.17) is 4.98 Å². The van der Waals surface area contributed by atoms with E-state index < -0.39 is 0 Å². The molecule has 2 atom stereocenters. The van der Waals surface area contributed by atoms with Gasteiger partial charge in [-0.25, -0.2) is 4.98 Å². The Bertz CT molecular complexity index is 1430. The maximum absolute atomic E-state index is 13.5. The van der Waals surface area contributed by atoms with Gasteiger partial charge >= 0.3 is 0 Å². The zero-order valence-corrected chi connectivity index (χ0v) is 27.3. The summed E-state index contributed by atoms with van der Waals surface area (Å²) in [6.45, 7) is 23.8. The molecule has 0 bridgehead atoms. The Morgan fingerprint density at radius 1 is 0.884 bits per heavy atom. The van der Waals surface area contributed by atoms with Crippen molar-refractivity contribution in [3.63, 3.8) is 0 Å². The summed E-state index contributed by atoms with van der Waals surface area (Å²) in [6.07, 6.45) is 11.5. The molecule has 1 aliphatic carbocycles. The molecule has 0 saturated heterocycles. The molecule has 4 rings (SSSR count). The first kappa shape index (κ1) is 35.3. The molecule has 1 heterocycles. The van der Waals surface area contributed by atoms with E-state index in [-0.39, 0.29) is 23.4 Å². The second-order valence-electron chi connectivity index (χ2n) is 11.3. The molecule has 0 amide bonds. The first-order chi connectivity index (χ1) is 20.7. The van der Waals surface area contributed by atoms with Crippen LogP contribution in [0.3, 0.4) is 0 Å². The van der Waals surface area contributed by atoms with Crippen LogP contribution in [-0.2, 0) is 4.79 Å². The number of hydrogen-bond acceptors (Lipinski definition) is 3. The molecule has 3 nitrogen and oxygen atoms in total. The lowest BCUT2D eigenvalue weighted by atomic mass is 9.86. The van der Waals surface area contributed by atoms with Crippen LogP contribution in [0.2, 0.25) is 0 Å². The number of ketones is 2. The summed E-state index contributed by atoms with van der Waals surface area (Å²) in [4.78, 5) is 31.5. The normalized spacial score (nSPS) is 13.9. The second-order valence-corrected chi connectivity index (χ2v) is 11.3. The van der Waals surface area contributed by atoms with Crippen LogP contribution in [0.4, 0.5) is 0 Å². The van der Waals surface area contributed by atoms with Gasteiger partial charge in [-0.2, -0.15) is 0 Å². The van der Waals surface area contributed by atoms with Gasteiger partial charge in [0.1, 0.15) is 0 Å². The molecule has 2 unspecified atom stereocenters. The van der Waals surface area contributed by atoms with Gasteiger partial charge in [-0.3, -0.25) is 9.59 Å². The number of para-hydroxylation sites is 1. The van der Waals surface area contributed by atoms with Gasteiger partial charge in [0, 0.05) is 28.4 Å². The van der Waals surface area contributed by atoms with Crippen LogP contribution in [0.5, 0.6) is 0 Å². The van der Waals surface area contributed by atoms with Crippen molar-refractivity contribution in [2.45, 2.75) is 86.0 Å². The summed E-state index contributed by atoms with van der Waals surface area (Å²) in [5.74, 6) is 0.644. The molecule has 0 N–H and O–H groups in total. The zero-order chi connectivity index (χ0) is 31.9. The number of allylic oxidation sites excluding steroid dienone is 5. The lowest BCUT2D eigenvalue weighted by Gasteiger charge is -2.18. The molecular formula is C40H51NO2. The van der Waals surface area contributed by atoms with E-state index in [2.05, 4.69) is 53.5 Å². The average Bonchev–Trinajstić information content (AvgIpc) is 3.91. The quantitative estimate of drug-likeness (QED) is 0.0931. The van der Waals surface area contributed by atoms with Crippen molar-refractivity contribution in [3.05, 3.63) is 115 Å². The van der Waals surface area contributed by atoms with Crippen LogP contribution < -0.4 is 0 Å². The lowest BCUT2D eigenvalue weighted by Crippen LogP contribution is -2.12. The van der Waals surface area contributed by atoms with Crippen molar-refractivity contribution in [2.75, 3.05) is 0 Å². The van der Waals surface area contributed by atoms with Gasteiger partial charge in [0.2, 0.25) is 0 Å². The third-order valence-electron chi connectivity index (χ3n) is 7.87. The predicted octanol–water partition coefficient (Wildman–Crippen LogP) is 11.2. The van der Waals surface area contributed by atoms with Crippen molar-refractivity contribution in [2.24, 2.45) is 11.8 Å². The zero-order valence-electron chi connectivity index (χ0n) is 27.3. The van der Waals surface area contributed by atoms with Gasteiger partial charge in [0.15, 0.2) is 11.6 Å². The monoisotopic (exact) mass is 577 g/mol. The molecule has 43 heavy (non-hydrogen) atoms. The molecule has 1 aromatic heterocycles. The van der Waals surface area contributed by atoms with Crippen LogP contribution >= 0.6 is 0 Å². The highest BCUT2D eigenvalue weighted by Crippen LogP contribution is 2.39. The van der Waals surface area contributed by atoms with Crippen molar-refractivity contribution >= 4 is 33.6 Å². The highest BCUT2D eigenvalue weighted by atomic mass is 16.1. The fourth-order valence-corrected chi connectivity index (χ4v) is 4.48. The topological polar surface area (TPSA) is 47.0 Å². The first-order valence-electron chi connectivity index (χ1n) is 15.9. The van der Waals surface area contributed by atoms with E-state index in [0.29, 0.717) is 28.3 Å². The SMILES string of the molecule is C=C(/C=C(/C(=O)C1CC1)c1ccccc1C(C)CC)c1cc(C(=O)C(C)CC)c2ccccc2n1.C=CCC.C=CCC. The minimum absolute atomic E-state index is 0.0770. The molecule has 3 aromatic rings.